The third kappa shape index (κ3) is 4.40. The highest BCUT2D eigenvalue weighted by Crippen LogP contribution is 2.30. The molecule has 0 aliphatic carbocycles. The normalized spacial score (nSPS) is 10.7. The Labute approximate surface area is 167 Å². The topological polar surface area (TPSA) is 27.1 Å². The van der Waals surface area contributed by atoms with Crippen LogP contribution in [-0.2, 0) is 13.0 Å². The van der Waals surface area contributed by atoms with Gasteiger partial charge in [0.25, 0.3) is 0 Å². The monoisotopic (exact) mass is 428 g/mol. The summed E-state index contributed by atoms with van der Waals surface area (Å²) in [5.74, 6) is 0.849. The minimum Gasteiger partial charge on any atom is -0.489 e. The van der Waals surface area contributed by atoms with Gasteiger partial charge in [-0.3, -0.25) is 4.57 Å². The van der Waals surface area contributed by atoms with Crippen LogP contribution in [0.3, 0.4) is 0 Å². The smallest absolute Gasteiger partial charge is 0.173 e. The van der Waals surface area contributed by atoms with Crippen LogP contribution < -0.4 is 4.74 Å². The first kappa shape index (κ1) is 18.8. The molecule has 3 aromatic rings. The summed E-state index contributed by atoms with van der Waals surface area (Å²) in [6.07, 6.45) is 2.80. The SMILES string of the molecule is C=C(C)Cc1nc(SC)n(-c2ccc(OCc3ccccc3)cc2)c1Br. The standard InChI is InChI=1S/C21H21BrN2OS/c1-15(2)13-19-20(22)24(21(23-19)26-3)17-9-11-18(12-10-17)25-14-16-7-5-4-6-8-16/h4-12H,1,13-14H2,2-3H3. The van der Waals surface area contributed by atoms with Crippen LogP contribution in [0.1, 0.15) is 18.2 Å². The van der Waals surface area contributed by atoms with Gasteiger partial charge in [-0.05, 0) is 58.9 Å². The number of allylic oxidation sites excluding steroid dienone is 1. The van der Waals surface area contributed by atoms with Crippen LogP contribution in [0.5, 0.6) is 5.75 Å². The molecule has 0 aliphatic heterocycles. The Bertz CT molecular complexity index is 888. The molecule has 0 amide bonds. The van der Waals surface area contributed by atoms with E-state index in [0.717, 1.165) is 44.4 Å². The molecule has 0 saturated carbocycles. The first-order valence-corrected chi connectivity index (χ1v) is 10.3. The number of hydrogen-bond donors (Lipinski definition) is 0. The van der Waals surface area contributed by atoms with Gasteiger partial charge < -0.3 is 4.74 Å². The Morgan fingerprint density at radius 1 is 1.15 bits per heavy atom. The van der Waals surface area contributed by atoms with Gasteiger partial charge >= 0.3 is 0 Å². The van der Waals surface area contributed by atoms with Crippen molar-refractivity contribution in [3.05, 3.63) is 82.6 Å². The fraction of sp³-hybridized carbons (Fsp3) is 0.190. The molecule has 0 fully saturated rings. The lowest BCUT2D eigenvalue weighted by atomic mass is 10.2. The maximum atomic E-state index is 5.87. The summed E-state index contributed by atoms with van der Waals surface area (Å²) < 4.78 is 8.96. The van der Waals surface area contributed by atoms with Gasteiger partial charge in [0, 0.05) is 12.1 Å². The van der Waals surface area contributed by atoms with E-state index in [0.29, 0.717) is 6.61 Å². The fourth-order valence-corrected chi connectivity index (χ4v) is 3.92. The molecule has 3 rings (SSSR count). The van der Waals surface area contributed by atoms with Gasteiger partial charge in [-0.15, -0.1) is 0 Å². The zero-order chi connectivity index (χ0) is 18.5. The predicted molar refractivity (Wildman–Crippen MR) is 112 cm³/mol. The number of nitrogens with zero attached hydrogens (tertiary/aromatic N) is 2. The zero-order valence-electron chi connectivity index (χ0n) is 14.9. The molecule has 0 saturated heterocycles. The molecule has 5 heteroatoms. The number of hydrogen-bond acceptors (Lipinski definition) is 3. The zero-order valence-corrected chi connectivity index (χ0v) is 17.3. The van der Waals surface area contributed by atoms with Gasteiger partial charge in [-0.2, -0.15) is 0 Å². The molecule has 0 atom stereocenters. The average Bonchev–Trinajstić information content (AvgIpc) is 2.96. The summed E-state index contributed by atoms with van der Waals surface area (Å²) in [6, 6.07) is 18.3. The lowest BCUT2D eigenvalue weighted by Gasteiger charge is -2.10. The molecule has 0 N–H and O–H groups in total. The molecule has 1 heterocycles. The predicted octanol–water partition coefficient (Wildman–Crippen LogP) is 6.05. The highest BCUT2D eigenvalue weighted by Gasteiger charge is 2.16. The van der Waals surface area contributed by atoms with E-state index in [-0.39, 0.29) is 0 Å². The molecule has 0 aliphatic rings. The van der Waals surface area contributed by atoms with Crippen molar-refractivity contribution in [3.8, 4) is 11.4 Å². The molecular weight excluding hydrogens is 408 g/mol. The number of aromatic nitrogens is 2. The van der Waals surface area contributed by atoms with Crippen molar-refractivity contribution < 1.29 is 4.74 Å². The van der Waals surface area contributed by atoms with E-state index in [1.165, 1.54) is 0 Å². The van der Waals surface area contributed by atoms with Crippen LogP contribution in [0.15, 0.2) is 76.5 Å². The van der Waals surface area contributed by atoms with Gasteiger partial charge in [0.15, 0.2) is 5.16 Å². The highest BCUT2D eigenvalue weighted by molar-refractivity contribution is 9.10. The molecule has 2 aromatic carbocycles. The molecule has 0 spiro atoms. The quantitative estimate of drug-likeness (QED) is 0.338. The molecule has 26 heavy (non-hydrogen) atoms. The third-order valence-electron chi connectivity index (χ3n) is 3.85. The van der Waals surface area contributed by atoms with Crippen LogP contribution in [0.4, 0.5) is 0 Å². The number of ether oxygens (including phenoxy) is 1. The van der Waals surface area contributed by atoms with Crippen molar-refractivity contribution in [1.29, 1.82) is 0 Å². The minimum atomic E-state index is 0.563. The van der Waals surface area contributed by atoms with Crippen molar-refractivity contribution in [1.82, 2.24) is 9.55 Å². The Balaban J connectivity index is 1.80. The lowest BCUT2D eigenvalue weighted by molar-refractivity contribution is 0.306. The van der Waals surface area contributed by atoms with E-state index in [4.69, 9.17) is 9.72 Å². The number of benzene rings is 2. The van der Waals surface area contributed by atoms with Crippen molar-refractivity contribution in [2.45, 2.75) is 25.1 Å². The van der Waals surface area contributed by atoms with Gasteiger partial charge in [0.2, 0.25) is 0 Å². The van der Waals surface area contributed by atoms with E-state index in [9.17, 15) is 0 Å². The molecule has 0 radical (unpaired) electrons. The molecule has 0 unspecified atom stereocenters. The minimum absolute atomic E-state index is 0.563. The summed E-state index contributed by atoms with van der Waals surface area (Å²) in [4.78, 5) is 4.73. The Hall–Kier alpha value is -1.98. The van der Waals surface area contributed by atoms with E-state index in [1.54, 1.807) is 11.8 Å². The van der Waals surface area contributed by atoms with Crippen LogP contribution in [0.25, 0.3) is 5.69 Å². The maximum absolute atomic E-state index is 5.87. The van der Waals surface area contributed by atoms with Gasteiger partial charge in [0.05, 0.1) is 5.69 Å². The van der Waals surface area contributed by atoms with Crippen molar-refractivity contribution in [3.63, 3.8) is 0 Å². The van der Waals surface area contributed by atoms with Crippen molar-refractivity contribution >= 4 is 27.7 Å². The third-order valence-corrected chi connectivity index (χ3v) is 5.30. The van der Waals surface area contributed by atoms with Gasteiger partial charge in [-0.1, -0.05) is 54.2 Å². The van der Waals surface area contributed by atoms with Crippen molar-refractivity contribution in [2.75, 3.05) is 6.26 Å². The molecule has 134 valence electrons. The highest BCUT2D eigenvalue weighted by atomic mass is 79.9. The summed E-state index contributed by atoms with van der Waals surface area (Å²) in [7, 11) is 0. The first-order chi connectivity index (χ1) is 12.6. The van der Waals surface area contributed by atoms with E-state index >= 15 is 0 Å². The summed E-state index contributed by atoms with van der Waals surface area (Å²) >= 11 is 5.33. The lowest BCUT2D eigenvalue weighted by Crippen LogP contribution is -1.98. The molecule has 0 bridgehead atoms. The number of imidazole rings is 1. The second-order valence-corrected chi connectivity index (χ2v) is 7.60. The van der Waals surface area contributed by atoms with E-state index < -0.39 is 0 Å². The second kappa shape index (κ2) is 8.60. The Morgan fingerprint density at radius 2 is 1.85 bits per heavy atom. The van der Waals surface area contributed by atoms with Crippen LogP contribution in [0, 0.1) is 0 Å². The van der Waals surface area contributed by atoms with Crippen LogP contribution >= 0.6 is 27.7 Å². The number of thioether (sulfide) groups is 1. The number of rotatable bonds is 7. The Morgan fingerprint density at radius 3 is 2.46 bits per heavy atom. The molecule has 3 nitrogen and oxygen atoms in total. The number of halogens is 1. The Kier molecular flexibility index (Phi) is 6.22. The first-order valence-electron chi connectivity index (χ1n) is 8.31. The van der Waals surface area contributed by atoms with Gasteiger partial charge in [0.1, 0.15) is 17.0 Å². The second-order valence-electron chi connectivity index (χ2n) is 6.07. The van der Waals surface area contributed by atoms with Crippen LogP contribution in [0.2, 0.25) is 0 Å². The molecule has 1 aromatic heterocycles. The van der Waals surface area contributed by atoms with Gasteiger partial charge in [-0.25, -0.2) is 4.98 Å². The van der Waals surface area contributed by atoms with Crippen LogP contribution in [-0.4, -0.2) is 15.8 Å². The summed E-state index contributed by atoms with van der Waals surface area (Å²) in [5.41, 5.74) is 4.30. The van der Waals surface area contributed by atoms with E-state index in [1.807, 2.05) is 43.5 Å². The summed E-state index contributed by atoms with van der Waals surface area (Å²) in [5, 5.41) is 0.950. The van der Waals surface area contributed by atoms with E-state index in [2.05, 4.69) is 51.3 Å². The van der Waals surface area contributed by atoms with Crippen molar-refractivity contribution in [2.24, 2.45) is 0 Å². The molecular formula is C21H21BrN2OS. The summed E-state index contributed by atoms with van der Waals surface area (Å²) in [6.45, 7) is 6.57. The fourth-order valence-electron chi connectivity index (χ4n) is 2.62. The maximum Gasteiger partial charge on any atom is 0.173 e. The largest absolute Gasteiger partial charge is 0.489 e. The average molecular weight is 429 g/mol.